The van der Waals surface area contributed by atoms with Crippen molar-refractivity contribution in [2.45, 2.75) is 6.92 Å². The highest BCUT2D eigenvalue weighted by atomic mass is 79.9. The third-order valence-corrected chi connectivity index (χ3v) is 4.84. The van der Waals surface area contributed by atoms with Crippen molar-refractivity contribution in [2.75, 3.05) is 7.11 Å². The maximum atomic E-state index is 12.6. The van der Waals surface area contributed by atoms with Crippen molar-refractivity contribution < 1.29 is 14.3 Å². The molecule has 0 atom stereocenters. The van der Waals surface area contributed by atoms with Crippen LogP contribution in [-0.4, -0.2) is 23.0 Å². The van der Waals surface area contributed by atoms with Crippen LogP contribution < -0.4 is 9.47 Å². The summed E-state index contributed by atoms with van der Waals surface area (Å²) in [4.78, 5) is 22.0. The maximum absolute atomic E-state index is 12.6. The summed E-state index contributed by atoms with van der Waals surface area (Å²) >= 11 is 3.54. The van der Waals surface area contributed by atoms with Gasteiger partial charge >= 0.3 is 5.97 Å². The van der Waals surface area contributed by atoms with Crippen molar-refractivity contribution in [1.82, 2.24) is 9.97 Å². The third-order valence-electron chi connectivity index (χ3n) is 4.23. The molecule has 0 spiro atoms. The first-order valence-corrected chi connectivity index (χ1v) is 9.08. The number of hydrogen-bond donors (Lipinski definition) is 0. The van der Waals surface area contributed by atoms with Gasteiger partial charge in [0.05, 0.1) is 23.7 Å². The second-order valence-corrected chi connectivity index (χ2v) is 6.89. The van der Waals surface area contributed by atoms with Crippen LogP contribution in [-0.2, 0) is 0 Å². The van der Waals surface area contributed by atoms with Gasteiger partial charge in [-0.3, -0.25) is 0 Å². The number of nitrogens with zero attached hydrogens (tertiary/aromatic N) is 2. The molecule has 27 heavy (non-hydrogen) atoms. The van der Waals surface area contributed by atoms with Crippen molar-refractivity contribution in [1.29, 1.82) is 0 Å². The van der Waals surface area contributed by atoms with Gasteiger partial charge in [-0.2, -0.15) is 0 Å². The number of ether oxygens (including phenoxy) is 2. The fourth-order valence-electron chi connectivity index (χ4n) is 2.84. The molecule has 0 saturated carbocycles. The first-order chi connectivity index (χ1) is 13.1. The minimum Gasteiger partial charge on any atom is -0.497 e. The van der Waals surface area contributed by atoms with E-state index in [-0.39, 0.29) is 0 Å². The van der Waals surface area contributed by atoms with E-state index in [0.717, 1.165) is 21.1 Å². The van der Waals surface area contributed by atoms with Gasteiger partial charge in [0, 0.05) is 4.47 Å². The first kappa shape index (κ1) is 17.4. The second-order valence-electron chi connectivity index (χ2n) is 6.03. The Bertz CT molecular complexity index is 1170. The molecule has 0 N–H and O–H groups in total. The van der Waals surface area contributed by atoms with Gasteiger partial charge in [0.25, 0.3) is 0 Å². The molecule has 0 bridgehead atoms. The summed E-state index contributed by atoms with van der Waals surface area (Å²) in [6.45, 7) is 1.87. The van der Waals surface area contributed by atoms with Crippen LogP contribution in [0.1, 0.15) is 15.9 Å². The van der Waals surface area contributed by atoms with E-state index in [1.54, 1.807) is 31.4 Å². The molecule has 0 amide bonds. The number of aryl methyl sites for hydroxylation is 1. The Morgan fingerprint density at radius 3 is 2.22 bits per heavy atom. The van der Waals surface area contributed by atoms with Crippen LogP contribution in [0.15, 0.2) is 59.1 Å². The highest BCUT2D eigenvalue weighted by molar-refractivity contribution is 9.10. The fourth-order valence-corrected chi connectivity index (χ4v) is 3.46. The van der Waals surface area contributed by atoms with Gasteiger partial charge < -0.3 is 9.47 Å². The minimum atomic E-state index is -0.459. The van der Waals surface area contributed by atoms with E-state index in [0.29, 0.717) is 28.1 Å². The molecular formula is C21H15BrN2O3. The maximum Gasteiger partial charge on any atom is 0.343 e. The summed E-state index contributed by atoms with van der Waals surface area (Å²) in [5, 5.41) is 0. The van der Waals surface area contributed by atoms with Crippen LogP contribution in [0.3, 0.4) is 0 Å². The summed E-state index contributed by atoms with van der Waals surface area (Å²) in [6, 6.07) is 16.2. The monoisotopic (exact) mass is 422 g/mol. The molecule has 4 aromatic rings. The molecule has 4 rings (SSSR count). The molecule has 3 aromatic carbocycles. The Morgan fingerprint density at radius 2 is 1.59 bits per heavy atom. The number of aromatic nitrogens is 2. The standard InChI is InChI=1S/C21H15BrN2O3/c1-12-11-15(22)18-19(24-17-6-4-3-5-16(17)23-18)20(12)27-21(25)13-7-9-14(26-2)10-8-13/h3-11H,1-2H3. The number of halogens is 1. The Labute approximate surface area is 164 Å². The molecule has 0 saturated heterocycles. The van der Waals surface area contributed by atoms with E-state index in [2.05, 4.69) is 25.9 Å². The molecule has 1 heterocycles. The lowest BCUT2D eigenvalue weighted by Gasteiger charge is -2.12. The smallest absolute Gasteiger partial charge is 0.343 e. The van der Waals surface area contributed by atoms with E-state index in [9.17, 15) is 4.79 Å². The minimum absolute atomic E-state index is 0.410. The number of fused-ring (bicyclic) bond motifs is 2. The normalized spacial score (nSPS) is 10.9. The number of benzene rings is 3. The molecule has 6 heteroatoms. The number of carbonyl (C=O) groups is 1. The van der Waals surface area contributed by atoms with Crippen LogP contribution in [0, 0.1) is 6.92 Å². The number of para-hydroxylation sites is 2. The zero-order valence-electron chi connectivity index (χ0n) is 14.7. The predicted octanol–water partition coefficient (Wildman–Crippen LogP) is 5.08. The topological polar surface area (TPSA) is 61.3 Å². The SMILES string of the molecule is COc1ccc(C(=O)Oc2c(C)cc(Br)c3nc4ccccc4nc23)cc1. The molecular weight excluding hydrogens is 408 g/mol. The number of hydrogen-bond acceptors (Lipinski definition) is 5. The van der Waals surface area contributed by atoms with E-state index in [4.69, 9.17) is 9.47 Å². The van der Waals surface area contributed by atoms with Crippen molar-refractivity contribution in [2.24, 2.45) is 0 Å². The summed E-state index contributed by atoms with van der Waals surface area (Å²) in [6.07, 6.45) is 0. The van der Waals surface area contributed by atoms with Gasteiger partial charge in [0.15, 0.2) is 5.75 Å². The largest absolute Gasteiger partial charge is 0.497 e. The van der Waals surface area contributed by atoms with E-state index < -0.39 is 5.97 Å². The highest BCUT2D eigenvalue weighted by Crippen LogP contribution is 2.34. The van der Waals surface area contributed by atoms with Crippen LogP contribution in [0.4, 0.5) is 0 Å². The zero-order chi connectivity index (χ0) is 19.0. The van der Waals surface area contributed by atoms with Gasteiger partial charge in [0.1, 0.15) is 16.8 Å². The number of rotatable bonds is 3. The molecule has 5 nitrogen and oxygen atoms in total. The van der Waals surface area contributed by atoms with Gasteiger partial charge in [-0.05, 0) is 70.9 Å². The van der Waals surface area contributed by atoms with Crippen LogP contribution in [0.25, 0.3) is 22.1 Å². The van der Waals surface area contributed by atoms with E-state index in [1.807, 2.05) is 37.3 Å². The second kappa shape index (κ2) is 6.96. The van der Waals surface area contributed by atoms with Crippen molar-refractivity contribution >= 4 is 44.0 Å². The Hall–Kier alpha value is -2.99. The predicted molar refractivity (Wildman–Crippen MR) is 107 cm³/mol. The van der Waals surface area contributed by atoms with Gasteiger partial charge in [0.2, 0.25) is 0 Å². The van der Waals surface area contributed by atoms with Crippen molar-refractivity contribution in [3.8, 4) is 11.5 Å². The van der Waals surface area contributed by atoms with E-state index in [1.165, 1.54) is 0 Å². The molecule has 0 radical (unpaired) electrons. The quantitative estimate of drug-likeness (QED) is 0.261. The van der Waals surface area contributed by atoms with E-state index >= 15 is 0 Å². The Balaban J connectivity index is 1.82. The number of esters is 1. The van der Waals surface area contributed by atoms with Gasteiger partial charge in [-0.15, -0.1) is 0 Å². The summed E-state index contributed by atoms with van der Waals surface area (Å²) in [5.41, 5.74) is 3.94. The van der Waals surface area contributed by atoms with Gasteiger partial charge in [-0.25, -0.2) is 14.8 Å². The third kappa shape index (κ3) is 3.24. The highest BCUT2D eigenvalue weighted by Gasteiger charge is 2.18. The fraction of sp³-hybridized carbons (Fsp3) is 0.0952. The molecule has 0 aliphatic carbocycles. The molecule has 0 aliphatic rings. The van der Waals surface area contributed by atoms with Gasteiger partial charge in [-0.1, -0.05) is 12.1 Å². The van der Waals surface area contributed by atoms with Crippen LogP contribution in [0.5, 0.6) is 11.5 Å². The molecule has 134 valence electrons. The molecule has 0 unspecified atom stereocenters. The molecule has 0 aliphatic heterocycles. The lowest BCUT2D eigenvalue weighted by molar-refractivity contribution is 0.0735. The average Bonchev–Trinajstić information content (AvgIpc) is 2.70. The van der Waals surface area contributed by atoms with Crippen LogP contribution >= 0.6 is 15.9 Å². The average molecular weight is 423 g/mol. The zero-order valence-corrected chi connectivity index (χ0v) is 16.3. The summed E-state index contributed by atoms with van der Waals surface area (Å²) in [7, 11) is 1.58. The molecule has 1 aromatic heterocycles. The summed E-state index contributed by atoms with van der Waals surface area (Å²) in [5.74, 6) is 0.626. The Kier molecular flexibility index (Phi) is 4.49. The lowest BCUT2D eigenvalue weighted by atomic mass is 10.1. The lowest BCUT2D eigenvalue weighted by Crippen LogP contribution is -2.10. The van der Waals surface area contributed by atoms with Crippen molar-refractivity contribution in [3.05, 3.63) is 70.2 Å². The number of carbonyl (C=O) groups excluding carboxylic acids is 1. The van der Waals surface area contributed by atoms with Crippen LogP contribution in [0.2, 0.25) is 0 Å². The summed E-state index contributed by atoms with van der Waals surface area (Å²) < 4.78 is 11.6. The Morgan fingerprint density at radius 1 is 0.963 bits per heavy atom. The molecule has 0 fully saturated rings. The first-order valence-electron chi connectivity index (χ1n) is 8.28. The van der Waals surface area contributed by atoms with Crippen molar-refractivity contribution in [3.63, 3.8) is 0 Å². The number of methoxy groups -OCH3 is 1.